The zero-order valence-electron chi connectivity index (χ0n) is 15.3. The highest BCUT2D eigenvalue weighted by molar-refractivity contribution is 5.76. The molecule has 0 spiro atoms. The Bertz CT molecular complexity index is 508. The summed E-state index contributed by atoms with van der Waals surface area (Å²) in [5, 5.41) is 0. The van der Waals surface area contributed by atoms with Gasteiger partial charge in [-0.05, 0) is 71.2 Å². The first-order valence-electron chi connectivity index (χ1n) is 9.26. The first-order valence-corrected chi connectivity index (χ1v) is 9.26. The number of benzene rings is 1. The minimum atomic E-state index is 0.559. The number of ether oxygens (including phenoxy) is 2. The van der Waals surface area contributed by atoms with E-state index in [9.17, 15) is 4.79 Å². The summed E-state index contributed by atoms with van der Waals surface area (Å²) in [6.45, 7) is 9.00. The van der Waals surface area contributed by atoms with Crippen LogP contribution in [-0.4, -0.2) is 43.0 Å². The van der Waals surface area contributed by atoms with E-state index < -0.39 is 0 Å². The predicted octanol–water partition coefficient (Wildman–Crippen LogP) is 4.32. The molecule has 1 aliphatic rings. The SMILES string of the molecule is CCOc1cc(C=O)ccc1OCCCCN1[C@H](C)CCC[C@@H]1C. The number of hydrogen-bond acceptors (Lipinski definition) is 4. The van der Waals surface area contributed by atoms with Crippen molar-refractivity contribution in [2.75, 3.05) is 19.8 Å². The zero-order valence-corrected chi connectivity index (χ0v) is 15.3. The van der Waals surface area contributed by atoms with E-state index in [1.807, 2.05) is 13.0 Å². The molecule has 0 N–H and O–H groups in total. The summed E-state index contributed by atoms with van der Waals surface area (Å²) < 4.78 is 11.4. The molecule has 0 aromatic heterocycles. The second kappa shape index (κ2) is 9.67. The lowest BCUT2D eigenvalue weighted by atomic mass is 9.97. The summed E-state index contributed by atoms with van der Waals surface area (Å²) in [6, 6.07) is 6.74. The van der Waals surface area contributed by atoms with Gasteiger partial charge in [-0.3, -0.25) is 9.69 Å². The first-order chi connectivity index (χ1) is 11.7. The lowest BCUT2D eigenvalue weighted by Gasteiger charge is -2.39. The predicted molar refractivity (Wildman–Crippen MR) is 97.2 cm³/mol. The van der Waals surface area contributed by atoms with Crippen LogP contribution in [0.5, 0.6) is 11.5 Å². The molecule has 0 amide bonds. The van der Waals surface area contributed by atoms with Gasteiger partial charge in [0.05, 0.1) is 13.2 Å². The van der Waals surface area contributed by atoms with Gasteiger partial charge in [-0.15, -0.1) is 0 Å². The minimum absolute atomic E-state index is 0.559. The van der Waals surface area contributed by atoms with Crippen LogP contribution >= 0.6 is 0 Å². The molecule has 0 saturated carbocycles. The summed E-state index contributed by atoms with van der Waals surface area (Å²) in [7, 11) is 0. The number of carbonyl (C=O) groups is 1. The molecular weight excluding hydrogens is 302 g/mol. The third-order valence-electron chi connectivity index (χ3n) is 4.85. The molecule has 2 rings (SSSR count). The Balaban J connectivity index is 1.76. The number of aldehydes is 1. The third-order valence-corrected chi connectivity index (χ3v) is 4.85. The molecule has 1 heterocycles. The van der Waals surface area contributed by atoms with Crippen molar-refractivity contribution in [1.82, 2.24) is 4.90 Å². The summed E-state index contributed by atoms with van der Waals surface area (Å²) in [5.41, 5.74) is 0.610. The Hall–Kier alpha value is -1.55. The number of hydrogen-bond donors (Lipinski definition) is 0. The van der Waals surface area contributed by atoms with E-state index in [4.69, 9.17) is 9.47 Å². The highest BCUT2D eigenvalue weighted by Crippen LogP contribution is 2.28. The van der Waals surface area contributed by atoms with Crippen molar-refractivity contribution < 1.29 is 14.3 Å². The standard InChI is InChI=1S/C20H31NO3/c1-4-23-20-14-18(15-22)10-11-19(20)24-13-6-5-12-21-16(2)8-7-9-17(21)3/h10-11,14-17H,4-9,12-13H2,1-3H3/t16-,17+. The zero-order chi connectivity index (χ0) is 17.4. The second-order valence-corrected chi connectivity index (χ2v) is 6.68. The Morgan fingerprint density at radius 1 is 1.12 bits per heavy atom. The molecule has 1 aliphatic heterocycles. The van der Waals surface area contributed by atoms with Gasteiger partial charge in [0.15, 0.2) is 11.5 Å². The highest BCUT2D eigenvalue weighted by atomic mass is 16.5. The van der Waals surface area contributed by atoms with Crippen molar-refractivity contribution in [3.05, 3.63) is 23.8 Å². The average Bonchev–Trinajstić information content (AvgIpc) is 2.58. The van der Waals surface area contributed by atoms with Gasteiger partial charge in [-0.2, -0.15) is 0 Å². The Morgan fingerprint density at radius 3 is 2.54 bits per heavy atom. The monoisotopic (exact) mass is 333 g/mol. The molecule has 0 unspecified atom stereocenters. The van der Waals surface area contributed by atoms with Crippen molar-refractivity contribution in [3.63, 3.8) is 0 Å². The average molecular weight is 333 g/mol. The van der Waals surface area contributed by atoms with Gasteiger partial charge in [0, 0.05) is 17.6 Å². The maximum atomic E-state index is 10.9. The maximum Gasteiger partial charge on any atom is 0.161 e. The normalized spacial score (nSPS) is 21.5. The fourth-order valence-corrected chi connectivity index (χ4v) is 3.48. The lowest BCUT2D eigenvalue weighted by molar-refractivity contribution is 0.0995. The number of piperidine rings is 1. The van der Waals surface area contributed by atoms with E-state index >= 15 is 0 Å². The fraction of sp³-hybridized carbons (Fsp3) is 0.650. The summed E-state index contributed by atoms with van der Waals surface area (Å²) in [5.74, 6) is 1.38. The minimum Gasteiger partial charge on any atom is -0.490 e. The van der Waals surface area contributed by atoms with Crippen LogP contribution in [0.4, 0.5) is 0 Å². The molecule has 0 radical (unpaired) electrons. The van der Waals surface area contributed by atoms with Crippen molar-refractivity contribution in [3.8, 4) is 11.5 Å². The van der Waals surface area contributed by atoms with Crippen LogP contribution in [0, 0.1) is 0 Å². The Morgan fingerprint density at radius 2 is 1.88 bits per heavy atom. The van der Waals surface area contributed by atoms with E-state index in [1.165, 1.54) is 19.3 Å². The van der Waals surface area contributed by atoms with E-state index in [1.54, 1.807) is 12.1 Å². The highest BCUT2D eigenvalue weighted by Gasteiger charge is 2.23. The van der Waals surface area contributed by atoms with Gasteiger partial charge in [0.1, 0.15) is 6.29 Å². The fourth-order valence-electron chi connectivity index (χ4n) is 3.48. The number of nitrogens with zero attached hydrogens (tertiary/aromatic N) is 1. The summed E-state index contributed by atoms with van der Waals surface area (Å²) in [4.78, 5) is 13.5. The largest absolute Gasteiger partial charge is 0.490 e. The molecule has 2 atom stereocenters. The topological polar surface area (TPSA) is 38.8 Å². The van der Waals surface area contributed by atoms with Gasteiger partial charge in [-0.25, -0.2) is 0 Å². The second-order valence-electron chi connectivity index (χ2n) is 6.68. The van der Waals surface area contributed by atoms with Gasteiger partial charge in [-0.1, -0.05) is 6.42 Å². The molecule has 134 valence electrons. The van der Waals surface area contributed by atoms with Crippen LogP contribution in [0.3, 0.4) is 0 Å². The Kier molecular flexibility index (Phi) is 7.57. The summed E-state index contributed by atoms with van der Waals surface area (Å²) in [6.07, 6.45) is 7.00. The van der Waals surface area contributed by atoms with E-state index in [0.29, 0.717) is 36.6 Å². The Labute approximate surface area is 146 Å². The lowest BCUT2D eigenvalue weighted by Crippen LogP contribution is -2.44. The molecule has 4 heteroatoms. The molecular formula is C20H31NO3. The molecule has 1 aromatic carbocycles. The number of carbonyl (C=O) groups excluding carboxylic acids is 1. The third kappa shape index (κ3) is 5.23. The van der Waals surface area contributed by atoms with Crippen molar-refractivity contribution in [1.29, 1.82) is 0 Å². The first kappa shape index (κ1) is 18.8. The number of likely N-dealkylation sites (tertiary alicyclic amines) is 1. The molecule has 0 aliphatic carbocycles. The molecule has 4 nitrogen and oxygen atoms in total. The molecule has 1 aromatic rings. The van der Waals surface area contributed by atoms with Crippen LogP contribution in [0.15, 0.2) is 18.2 Å². The van der Waals surface area contributed by atoms with E-state index in [-0.39, 0.29) is 0 Å². The molecule has 0 bridgehead atoms. The van der Waals surface area contributed by atoms with E-state index in [2.05, 4.69) is 18.7 Å². The van der Waals surface area contributed by atoms with Crippen molar-refractivity contribution in [2.24, 2.45) is 0 Å². The van der Waals surface area contributed by atoms with Crippen molar-refractivity contribution in [2.45, 2.75) is 65.0 Å². The smallest absolute Gasteiger partial charge is 0.161 e. The van der Waals surface area contributed by atoms with Crippen LogP contribution in [0.1, 0.15) is 63.2 Å². The van der Waals surface area contributed by atoms with Crippen LogP contribution in [-0.2, 0) is 0 Å². The van der Waals surface area contributed by atoms with Crippen LogP contribution in [0.2, 0.25) is 0 Å². The molecule has 24 heavy (non-hydrogen) atoms. The van der Waals surface area contributed by atoms with E-state index in [0.717, 1.165) is 31.4 Å². The quantitative estimate of drug-likeness (QED) is 0.498. The maximum absolute atomic E-state index is 10.9. The summed E-state index contributed by atoms with van der Waals surface area (Å²) >= 11 is 0. The van der Waals surface area contributed by atoms with Crippen LogP contribution < -0.4 is 9.47 Å². The number of unbranched alkanes of at least 4 members (excludes halogenated alkanes) is 1. The van der Waals surface area contributed by atoms with Gasteiger partial charge < -0.3 is 9.47 Å². The van der Waals surface area contributed by atoms with Gasteiger partial charge in [0.25, 0.3) is 0 Å². The van der Waals surface area contributed by atoms with Crippen molar-refractivity contribution >= 4 is 6.29 Å². The van der Waals surface area contributed by atoms with Crippen LogP contribution in [0.25, 0.3) is 0 Å². The van der Waals surface area contributed by atoms with Gasteiger partial charge >= 0.3 is 0 Å². The van der Waals surface area contributed by atoms with Gasteiger partial charge in [0.2, 0.25) is 0 Å². The number of rotatable bonds is 9. The molecule has 1 saturated heterocycles. The molecule has 1 fully saturated rings.